The molecule has 1 aromatic heterocycles. The van der Waals surface area contributed by atoms with Gasteiger partial charge in [-0.1, -0.05) is 0 Å². The van der Waals surface area contributed by atoms with E-state index in [9.17, 15) is 14.7 Å². The van der Waals surface area contributed by atoms with Gasteiger partial charge in [0.2, 0.25) is 0 Å². The van der Waals surface area contributed by atoms with Crippen LogP contribution in [0, 0.1) is 0 Å². The SMILES string of the molecule is O=C(C(=O)N1CCC(O)(CN2CCCC2)CC1)c1cccnc1. The van der Waals surface area contributed by atoms with Gasteiger partial charge in [-0.05, 0) is 50.9 Å². The second-order valence-corrected chi connectivity index (χ2v) is 6.57. The summed E-state index contributed by atoms with van der Waals surface area (Å²) >= 11 is 0. The first-order chi connectivity index (χ1) is 11.1. The highest BCUT2D eigenvalue weighted by molar-refractivity contribution is 6.42. The molecule has 3 heterocycles. The van der Waals surface area contributed by atoms with Crippen molar-refractivity contribution >= 4 is 11.7 Å². The molecule has 6 heteroatoms. The first kappa shape index (κ1) is 16.1. The van der Waals surface area contributed by atoms with Crippen LogP contribution in [-0.2, 0) is 4.79 Å². The van der Waals surface area contributed by atoms with E-state index >= 15 is 0 Å². The molecule has 2 aliphatic heterocycles. The smallest absolute Gasteiger partial charge is 0.295 e. The fraction of sp³-hybridized carbons (Fsp3) is 0.588. The van der Waals surface area contributed by atoms with Crippen molar-refractivity contribution in [2.24, 2.45) is 0 Å². The van der Waals surface area contributed by atoms with E-state index in [0.29, 0.717) is 38.0 Å². The van der Waals surface area contributed by atoms with Gasteiger partial charge in [0.1, 0.15) is 0 Å². The molecule has 2 fully saturated rings. The van der Waals surface area contributed by atoms with Crippen molar-refractivity contribution in [2.45, 2.75) is 31.3 Å². The number of piperidine rings is 1. The monoisotopic (exact) mass is 317 g/mol. The highest BCUT2D eigenvalue weighted by Gasteiger charge is 2.37. The Morgan fingerprint density at radius 3 is 2.48 bits per heavy atom. The molecular formula is C17H23N3O3. The lowest BCUT2D eigenvalue weighted by Crippen LogP contribution is -2.52. The summed E-state index contributed by atoms with van der Waals surface area (Å²) in [7, 11) is 0. The molecule has 1 N–H and O–H groups in total. The van der Waals surface area contributed by atoms with Crippen LogP contribution in [-0.4, -0.2) is 69.9 Å². The maximum atomic E-state index is 12.3. The van der Waals surface area contributed by atoms with Crippen molar-refractivity contribution in [1.82, 2.24) is 14.8 Å². The number of amides is 1. The van der Waals surface area contributed by atoms with Crippen molar-refractivity contribution < 1.29 is 14.7 Å². The van der Waals surface area contributed by atoms with Gasteiger partial charge in [0.25, 0.3) is 11.7 Å². The molecule has 3 rings (SSSR count). The Kier molecular flexibility index (Phi) is 4.73. The van der Waals surface area contributed by atoms with Crippen LogP contribution in [0.1, 0.15) is 36.0 Å². The molecule has 0 radical (unpaired) electrons. The first-order valence-electron chi connectivity index (χ1n) is 8.26. The molecule has 1 amide bonds. The zero-order chi connectivity index (χ0) is 16.3. The minimum atomic E-state index is -0.738. The van der Waals surface area contributed by atoms with Gasteiger partial charge in [0, 0.05) is 37.6 Å². The fourth-order valence-corrected chi connectivity index (χ4v) is 3.41. The highest BCUT2D eigenvalue weighted by Crippen LogP contribution is 2.25. The van der Waals surface area contributed by atoms with Crippen LogP contribution in [0.5, 0.6) is 0 Å². The minimum absolute atomic E-state index is 0.315. The molecule has 0 atom stereocenters. The van der Waals surface area contributed by atoms with Crippen LogP contribution in [0.4, 0.5) is 0 Å². The van der Waals surface area contributed by atoms with Gasteiger partial charge in [-0.25, -0.2) is 0 Å². The number of β-amino-alcohol motifs (C(OH)–C–C–N with tert-alkyl or cyclic N) is 1. The molecule has 2 aliphatic rings. The second kappa shape index (κ2) is 6.76. The van der Waals surface area contributed by atoms with Gasteiger partial charge < -0.3 is 14.9 Å². The topological polar surface area (TPSA) is 73.7 Å². The van der Waals surface area contributed by atoms with Crippen molar-refractivity contribution in [3.63, 3.8) is 0 Å². The van der Waals surface area contributed by atoms with Gasteiger partial charge in [-0.3, -0.25) is 14.6 Å². The number of ketones is 1. The third kappa shape index (κ3) is 3.76. The number of Topliss-reactive ketones (excluding diaryl/α,β-unsaturated/α-hetero) is 1. The lowest BCUT2D eigenvalue weighted by molar-refractivity contribution is -0.131. The average Bonchev–Trinajstić information content (AvgIpc) is 3.07. The van der Waals surface area contributed by atoms with E-state index in [0.717, 1.165) is 13.1 Å². The third-order valence-corrected chi connectivity index (χ3v) is 4.82. The largest absolute Gasteiger partial charge is 0.388 e. The molecule has 124 valence electrons. The Labute approximate surface area is 136 Å². The second-order valence-electron chi connectivity index (χ2n) is 6.57. The zero-order valence-corrected chi connectivity index (χ0v) is 13.3. The van der Waals surface area contributed by atoms with Crippen LogP contribution < -0.4 is 0 Å². The van der Waals surface area contributed by atoms with E-state index in [1.165, 1.54) is 19.0 Å². The number of pyridine rings is 1. The Morgan fingerprint density at radius 2 is 1.87 bits per heavy atom. The number of nitrogens with zero attached hydrogens (tertiary/aromatic N) is 3. The standard InChI is InChI=1S/C17H23N3O3/c21-15(14-4-3-7-18-12-14)16(22)20-10-5-17(23,6-11-20)13-19-8-1-2-9-19/h3-4,7,12,23H,1-2,5-6,8-11,13H2. The van der Waals surface area contributed by atoms with Crippen molar-refractivity contribution in [3.8, 4) is 0 Å². The van der Waals surface area contributed by atoms with Gasteiger partial charge in [-0.2, -0.15) is 0 Å². The quantitative estimate of drug-likeness (QED) is 0.654. The maximum absolute atomic E-state index is 12.3. The first-order valence-corrected chi connectivity index (χ1v) is 8.26. The lowest BCUT2D eigenvalue weighted by atomic mass is 9.90. The third-order valence-electron chi connectivity index (χ3n) is 4.82. The Morgan fingerprint density at radius 1 is 1.17 bits per heavy atom. The van der Waals surface area contributed by atoms with Gasteiger partial charge in [-0.15, -0.1) is 0 Å². The van der Waals surface area contributed by atoms with Crippen LogP contribution >= 0.6 is 0 Å². The summed E-state index contributed by atoms with van der Waals surface area (Å²) in [5, 5.41) is 10.7. The number of hydrogen-bond donors (Lipinski definition) is 1. The van der Waals surface area contributed by atoms with Crippen LogP contribution in [0.25, 0.3) is 0 Å². The number of carbonyl (C=O) groups is 2. The number of rotatable bonds is 4. The molecule has 2 saturated heterocycles. The van der Waals surface area contributed by atoms with E-state index in [-0.39, 0.29) is 0 Å². The van der Waals surface area contributed by atoms with Crippen LogP contribution in [0.3, 0.4) is 0 Å². The van der Waals surface area contributed by atoms with E-state index in [1.54, 1.807) is 23.2 Å². The van der Waals surface area contributed by atoms with Crippen molar-refractivity contribution in [2.75, 3.05) is 32.7 Å². The van der Waals surface area contributed by atoms with Gasteiger partial charge in [0.05, 0.1) is 5.60 Å². The highest BCUT2D eigenvalue weighted by atomic mass is 16.3. The molecule has 23 heavy (non-hydrogen) atoms. The summed E-state index contributed by atoms with van der Waals surface area (Å²) in [6.07, 6.45) is 6.42. The zero-order valence-electron chi connectivity index (χ0n) is 13.3. The number of hydrogen-bond acceptors (Lipinski definition) is 5. The normalized spacial score (nSPS) is 21.3. The molecule has 0 aliphatic carbocycles. The van der Waals surface area contributed by atoms with Crippen LogP contribution in [0.15, 0.2) is 24.5 Å². The molecule has 0 bridgehead atoms. The summed E-state index contributed by atoms with van der Waals surface area (Å²) in [5.41, 5.74) is -0.422. The maximum Gasteiger partial charge on any atom is 0.295 e. The number of carbonyl (C=O) groups excluding carboxylic acids is 2. The summed E-state index contributed by atoms with van der Waals surface area (Å²) in [6.45, 7) is 3.62. The van der Waals surface area contributed by atoms with Gasteiger partial charge >= 0.3 is 0 Å². The number of aliphatic hydroxyl groups is 1. The molecule has 0 saturated carbocycles. The van der Waals surface area contributed by atoms with Crippen molar-refractivity contribution in [3.05, 3.63) is 30.1 Å². The minimum Gasteiger partial charge on any atom is -0.388 e. The van der Waals surface area contributed by atoms with E-state index in [4.69, 9.17) is 0 Å². The molecule has 0 unspecified atom stereocenters. The Bertz CT molecular complexity index is 562. The molecule has 6 nitrogen and oxygen atoms in total. The summed E-state index contributed by atoms with van der Waals surface area (Å²) < 4.78 is 0. The summed E-state index contributed by atoms with van der Waals surface area (Å²) in [4.78, 5) is 32.2. The predicted molar refractivity (Wildman–Crippen MR) is 85.0 cm³/mol. The molecule has 0 aromatic carbocycles. The summed E-state index contributed by atoms with van der Waals surface area (Å²) in [5.74, 6) is -1.02. The number of likely N-dealkylation sites (tertiary alicyclic amines) is 2. The number of aromatic nitrogens is 1. The predicted octanol–water partition coefficient (Wildman–Crippen LogP) is 0.714. The average molecular weight is 317 g/mol. The van der Waals surface area contributed by atoms with E-state index in [1.807, 2.05) is 0 Å². The fourth-order valence-electron chi connectivity index (χ4n) is 3.41. The molecule has 1 aromatic rings. The van der Waals surface area contributed by atoms with Gasteiger partial charge in [0.15, 0.2) is 0 Å². The van der Waals surface area contributed by atoms with Crippen LogP contribution in [0.2, 0.25) is 0 Å². The Hall–Kier alpha value is -1.79. The molecular weight excluding hydrogens is 294 g/mol. The molecule has 0 spiro atoms. The Balaban J connectivity index is 1.55. The van der Waals surface area contributed by atoms with Crippen molar-refractivity contribution in [1.29, 1.82) is 0 Å². The van der Waals surface area contributed by atoms with E-state index < -0.39 is 17.3 Å². The summed E-state index contributed by atoms with van der Waals surface area (Å²) in [6, 6.07) is 3.24. The lowest BCUT2D eigenvalue weighted by Gasteiger charge is -2.40. The van der Waals surface area contributed by atoms with E-state index in [2.05, 4.69) is 9.88 Å².